The lowest BCUT2D eigenvalue weighted by molar-refractivity contribution is 1.24. The van der Waals surface area contributed by atoms with E-state index in [1.54, 1.807) is 11.3 Å². The first-order valence-electron chi connectivity index (χ1n) is 6.72. The van der Waals surface area contributed by atoms with E-state index in [9.17, 15) is 0 Å². The molecule has 0 aliphatic rings. The van der Waals surface area contributed by atoms with E-state index in [1.165, 1.54) is 27.7 Å². The standard InChI is InChI=1S/C17H13N3S/c1-10-2-4-11(5-3-10)12-6-7-13-14(8-12)21-16-15(13)19-9-20-17(16)18/h2-9H,1H3,(H2,18,19,20). The Balaban J connectivity index is 1.96. The fourth-order valence-electron chi connectivity index (χ4n) is 2.52. The molecule has 0 atom stereocenters. The van der Waals surface area contributed by atoms with Crippen LogP contribution >= 0.6 is 11.3 Å². The minimum atomic E-state index is 0.554. The first-order chi connectivity index (χ1) is 10.2. The van der Waals surface area contributed by atoms with Crippen LogP contribution in [0.5, 0.6) is 0 Å². The van der Waals surface area contributed by atoms with E-state index in [-0.39, 0.29) is 0 Å². The molecule has 2 N–H and O–H groups in total. The Morgan fingerprint density at radius 3 is 2.52 bits per heavy atom. The zero-order valence-electron chi connectivity index (χ0n) is 11.5. The SMILES string of the molecule is Cc1ccc(-c2ccc3c(c2)sc2c(N)ncnc23)cc1. The van der Waals surface area contributed by atoms with Crippen LogP contribution in [0.1, 0.15) is 5.56 Å². The lowest BCUT2D eigenvalue weighted by Gasteiger charge is -2.02. The van der Waals surface area contributed by atoms with Crippen LogP contribution in [0, 0.1) is 6.92 Å². The lowest BCUT2D eigenvalue weighted by Crippen LogP contribution is -1.89. The van der Waals surface area contributed by atoms with E-state index in [4.69, 9.17) is 5.73 Å². The van der Waals surface area contributed by atoms with Gasteiger partial charge in [-0.25, -0.2) is 9.97 Å². The van der Waals surface area contributed by atoms with Gasteiger partial charge in [-0.3, -0.25) is 0 Å². The van der Waals surface area contributed by atoms with E-state index in [1.807, 2.05) is 0 Å². The second-order valence-corrected chi connectivity index (χ2v) is 6.17. The second-order valence-electron chi connectivity index (χ2n) is 5.12. The second kappa shape index (κ2) is 4.53. The molecular weight excluding hydrogens is 278 g/mol. The third-order valence-corrected chi connectivity index (χ3v) is 4.83. The summed E-state index contributed by atoms with van der Waals surface area (Å²) in [6.07, 6.45) is 1.53. The summed E-state index contributed by atoms with van der Waals surface area (Å²) in [6.45, 7) is 2.10. The molecule has 0 bridgehead atoms. The maximum Gasteiger partial charge on any atom is 0.144 e. The predicted octanol–water partition coefficient (Wildman–Crippen LogP) is 4.40. The topological polar surface area (TPSA) is 51.8 Å². The summed E-state index contributed by atoms with van der Waals surface area (Å²) in [4.78, 5) is 8.43. The van der Waals surface area contributed by atoms with Gasteiger partial charge in [0, 0.05) is 10.1 Å². The van der Waals surface area contributed by atoms with Crippen molar-refractivity contribution >= 4 is 37.5 Å². The van der Waals surface area contributed by atoms with Crippen molar-refractivity contribution < 1.29 is 0 Å². The molecule has 0 aliphatic heterocycles. The van der Waals surface area contributed by atoms with Crippen molar-refractivity contribution in [1.82, 2.24) is 9.97 Å². The van der Waals surface area contributed by atoms with Gasteiger partial charge in [-0.1, -0.05) is 42.0 Å². The number of anilines is 1. The minimum absolute atomic E-state index is 0.554. The van der Waals surface area contributed by atoms with Crippen LogP contribution < -0.4 is 5.73 Å². The number of fused-ring (bicyclic) bond motifs is 3. The molecule has 0 spiro atoms. The Morgan fingerprint density at radius 1 is 0.952 bits per heavy atom. The third-order valence-electron chi connectivity index (χ3n) is 3.67. The molecule has 3 nitrogen and oxygen atoms in total. The normalized spacial score (nSPS) is 11.3. The number of rotatable bonds is 1. The number of nitrogens with zero attached hydrogens (tertiary/aromatic N) is 2. The van der Waals surface area contributed by atoms with Crippen molar-refractivity contribution in [3.05, 3.63) is 54.4 Å². The van der Waals surface area contributed by atoms with Crippen molar-refractivity contribution in [2.24, 2.45) is 0 Å². The van der Waals surface area contributed by atoms with Crippen molar-refractivity contribution in [3.63, 3.8) is 0 Å². The lowest BCUT2D eigenvalue weighted by atomic mass is 10.0. The van der Waals surface area contributed by atoms with E-state index in [2.05, 4.69) is 59.4 Å². The highest BCUT2D eigenvalue weighted by Crippen LogP contribution is 2.36. The number of nitrogens with two attached hydrogens (primary N) is 1. The molecule has 0 saturated heterocycles. The van der Waals surface area contributed by atoms with Gasteiger partial charge in [0.1, 0.15) is 12.1 Å². The first kappa shape index (κ1) is 12.3. The van der Waals surface area contributed by atoms with Crippen LogP contribution in [-0.4, -0.2) is 9.97 Å². The molecule has 0 aliphatic carbocycles. The number of hydrogen-bond acceptors (Lipinski definition) is 4. The van der Waals surface area contributed by atoms with Gasteiger partial charge in [0.2, 0.25) is 0 Å². The zero-order valence-corrected chi connectivity index (χ0v) is 12.3. The average Bonchev–Trinajstić information content (AvgIpc) is 2.87. The highest BCUT2D eigenvalue weighted by molar-refractivity contribution is 7.26. The Labute approximate surface area is 126 Å². The van der Waals surface area contributed by atoms with Gasteiger partial charge in [-0.15, -0.1) is 11.3 Å². The molecule has 0 saturated carbocycles. The molecule has 4 aromatic rings. The summed E-state index contributed by atoms with van der Waals surface area (Å²) in [7, 11) is 0. The Morgan fingerprint density at radius 2 is 1.71 bits per heavy atom. The molecule has 2 aromatic heterocycles. The molecular formula is C17H13N3S. The monoisotopic (exact) mass is 291 g/mol. The predicted molar refractivity (Wildman–Crippen MR) is 89.5 cm³/mol. The van der Waals surface area contributed by atoms with Crippen LogP contribution in [0.15, 0.2) is 48.8 Å². The zero-order chi connectivity index (χ0) is 14.4. The van der Waals surface area contributed by atoms with Crippen LogP contribution in [0.25, 0.3) is 31.4 Å². The first-order valence-corrected chi connectivity index (χ1v) is 7.54. The maximum absolute atomic E-state index is 5.95. The van der Waals surface area contributed by atoms with Gasteiger partial charge in [0.25, 0.3) is 0 Å². The molecule has 21 heavy (non-hydrogen) atoms. The maximum atomic E-state index is 5.95. The summed E-state index contributed by atoms with van der Waals surface area (Å²) in [5.74, 6) is 0.554. The molecule has 2 aromatic carbocycles. The Bertz CT molecular complexity index is 955. The molecule has 102 valence electrons. The number of nitrogen functional groups attached to an aromatic ring is 1. The molecule has 0 amide bonds. The number of thiophene rings is 1. The van der Waals surface area contributed by atoms with Gasteiger partial charge in [-0.05, 0) is 24.1 Å². The van der Waals surface area contributed by atoms with Crippen molar-refractivity contribution in [3.8, 4) is 11.1 Å². The van der Waals surface area contributed by atoms with Crippen molar-refractivity contribution in [2.75, 3.05) is 5.73 Å². The fraction of sp³-hybridized carbons (Fsp3) is 0.0588. The van der Waals surface area contributed by atoms with Crippen LogP contribution in [0.2, 0.25) is 0 Å². The average molecular weight is 291 g/mol. The Hall–Kier alpha value is -2.46. The van der Waals surface area contributed by atoms with Crippen molar-refractivity contribution in [1.29, 1.82) is 0 Å². The van der Waals surface area contributed by atoms with Gasteiger partial charge < -0.3 is 5.73 Å². The van der Waals surface area contributed by atoms with E-state index in [0.29, 0.717) is 5.82 Å². The Kier molecular flexibility index (Phi) is 2.65. The summed E-state index contributed by atoms with van der Waals surface area (Å²) in [6, 6.07) is 15.0. The molecule has 0 fully saturated rings. The fourth-order valence-corrected chi connectivity index (χ4v) is 3.61. The molecule has 0 radical (unpaired) electrons. The van der Waals surface area contributed by atoms with Crippen LogP contribution in [0.4, 0.5) is 5.82 Å². The largest absolute Gasteiger partial charge is 0.382 e. The number of hydrogen-bond donors (Lipinski definition) is 1. The smallest absolute Gasteiger partial charge is 0.144 e. The molecule has 0 unspecified atom stereocenters. The summed E-state index contributed by atoms with van der Waals surface area (Å²) < 4.78 is 2.16. The number of aromatic nitrogens is 2. The van der Waals surface area contributed by atoms with E-state index >= 15 is 0 Å². The van der Waals surface area contributed by atoms with Gasteiger partial charge in [-0.2, -0.15) is 0 Å². The van der Waals surface area contributed by atoms with Gasteiger partial charge >= 0.3 is 0 Å². The quantitative estimate of drug-likeness (QED) is 0.565. The van der Waals surface area contributed by atoms with E-state index < -0.39 is 0 Å². The number of benzene rings is 2. The van der Waals surface area contributed by atoms with Gasteiger partial charge in [0.05, 0.1) is 10.2 Å². The summed E-state index contributed by atoms with van der Waals surface area (Å²) in [5, 5.41) is 1.14. The third kappa shape index (κ3) is 1.96. The highest BCUT2D eigenvalue weighted by Gasteiger charge is 2.10. The summed E-state index contributed by atoms with van der Waals surface area (Å²) >= 11 is 1.65. The summed E-state index contributed by atoms with van der Waals surface area (Å²) in [5.41, 5.74) is 10.6. The molecule has 4 rings (SSSR count). The number of aryl methyl sites for hydroxylation is 1. The molecule has 4 heteroatoms. The van der Waals surface area contributed by atoms with E-state index in [0.717, 1.165) is 15.6 Å². The van der Waals surface area contributed by atoms with Crippen LogP contribution in [-0.2, 0) is 0 Å². The minimum Gasteiger partial charge on any atom is -0.382 e. The van der Waals surface area contributed by atoms with Crippen molar-refractivity contribution in [2.45, 2.75) is 6.92 Å². The van der Waals surface area contributed by atoms with Crippen LogP contribution in [0.3, 0.4) is 0 Å². The van der Waals surface area contributed by atoms with Gasteiger partial charge in [0.15, 0.2) is 0 Å². The highest BCUT2D eigenvalue weighted by atomic mass is 32.1. The molecule has 2 heterocycles.